The fourth-order valence-electron chi connectivity index (χ4n) is 3.77. The zero-order chi connectivity index (χ0) is 25.8. The molecule has 3 aromatic carbocycles. The Labute approximate surface area is 216 Å². The number of unbranched alkanes of at least 4 members (excludes halogenated alkanes) is 1. The molecule has 36 heavy (non-hydrogen) atoms. The Morgan fingerprint density at radius 3 is 2.08 bits per heavy atom. The van der Waals surface area contributed by atoms with Crippen LogP contribution in [-0.2, 0) is 28.3 Å². The molecule has 0 aromatic heterocycles. The number of hydrogen-bond donors (Lipinski definition) is 1. The Balaban J connectivity index is 1.81. The van der Waals surface area contributed by atoms with E-state index in [2.05, 4.69) is 12.2 Å². The van der Waals surface area contributed by atoms with Gasteiger partial charge in [0.1, 0.15) is 17.7 Å². The van der Waals surface area contributed by atoms with Gasteiger partial charge in [-0.25, -0.2) is 8.78 Å². The van der Waals surface area contributed by atoms with Crippen LogP contribution >= 0.6 is 11.8 Å². The quantitative estimate of drug-likeness (QED) is 0.298. The van der Waals surface area contributed by atoms with Crippen molar-refractivity contribution in [2.75, 3.05) is 12.3 Å². The average Bonchev–Trinajstić information content (AvgIpc) is 2.89. The summed E-state index contributed by atoms with van der Waals surface area (Å²) in [5.41, 5.74) is 2.61. The van der Waals surface area contributed by atoms with Crippen molar-refractivity contribution < 1.29 is 18.4 Å². The van der Waals surface area contributed by atoms with E-state index in [1.54, 1.807) is 29.2 Å². The molecule has 0 fully saturated rings. The van der Waals surface area contributed by atoms with Gasteiger partial charge in [0.2, 0.25) is 11.8 Å². The molecule has 3 aromatic rings. The van der Waals surface area contributed by atoms with Crippen LogP contribution in [0.15, 0.2) is 78.9 Å². The predicted octanol–water partition coefficient (Wildman–Crippen LogP) is 5.75. The van der Waals surface area contributed by atoms with Crippen LogP contribution in [0, 0.1) is 11.6 Å². The van der Waals surface area contributed by atoms with Crippen LogP contribution < -0.4 is 5.32 Å². The molecular weight excluding hydrogens is 478 g/mol. The van der Waals surface area contributed by atoms with Gasteiger partial charge in [-0.3, -0.25) is 9.59 Å². The van der Waals surface area contributed by atoms with Crippen LogP contribution in [-0.4, -0.2) is 35.1 Å². The van der Waals surface area contributed by atoms with E-state index in [4.69, 9.17) is 0 Å². The number of carbonyl (C=O) groups excluding carboxylic acids is 2. The third-order valence-electron chi connectivity index (χ3n) is 5.77. The van der Waals surface area contributed by atoms with Gasteiger partial charge in [0.25, 0.3) is 0 Å². The second-order valence-electron chi connectivity index (χ2n) is 8.62. The molecule has 4 nitrogen and oxygen atoms in total. The average molecular weight is 511 g/mol. The zero-order valence-electron chi connectivity index (χ0n) is 20.5. The van der Waals surface area contributed by atoms with Gasteiger partial charge < -0.3 is 10.2 Å². The molecule has 0 radical (unpaired) electrons. The molecule has 7 heteroatoms. The Morgan fingerprint density at radius 1 is 0.861 bits per heavy atom. The smallest absolute Gasteiger partial charge is 0.243 e. The normalized spacial score (nSPS) is 11.6. The highest BCUT2D eigenvalue weighted by Crippen LogP contribution is 2.19. The summed E-state index contributed by atoms with van der Waals surface area (Å²) in [6.07, 6.45) is 2.17. The molecular formula is C29H32F2N2O2S. The molecule has 0 aliphatic heterocycles. The van der Waals surface area contributed by atoms with Crippen molar-refractivity contribution in [1.29, 1.82) is 0 Å². The third-order valence-corrected chi connectivity index (χ3v) is 6.76. The number of rotatable bonds is 13. The summed E-state index contributed by atoms with van der Waals surface area (Å²) in [5.74, 6) is -0.341. The van der Waals surface area contributed by atoms with E-state index in [1.807, 2.05) is 30.3 Å². The summed E-state index contributed by atoms with van der Waals surface area (Å²) in [6, 6.07) is 21.1. The molecule has 0 saturated carbocycles. The van der Waals surface area contributed by atoms with E-state index in [-0.39, 0.29) is 35.7 Å². The van der Waals surface area contributed by atoms with Crippen LogP contribution in [0.5, 0.6) is 0 Å². The number of carbonyl (C=O) groups is 2. The maximum Gasteiger partial charge on any atom is 0.243 e. The number of hydrogen-bond acceptors (Lipinski definition) is 3. The molecule has 1 N–H and O–H groups in total. The third kappa shape index (κ3) is 8.79. The first-order valence-corrected chi connectivity index (χ1v) is 13.3. The lowest BCUT2D eigenvalue weighted by Crippen LogP contribution is -2.51. The fourth-order valence-corrected chi connectivity index (χ4v) is 4.64. The van der Waals surface area contributed by atoms with Gasteiger partial charge in [-0.1, -0.05) is 67.9 Å². The maximum absolute atomic E-state index is 13.5. The van der Waals surface area contributed by atoms with Gasteiger partial charge in [-0.2, -0.15) is 0 Å². The van der Waals surface area contributed by atoms with Crippen molar-refractivity contribution in [3.05, 3.63) is 107 Å². The minimum absolute atomic E-state index is 0.159. The maximum atomic E-state index is 13.5. The Kier molecular flexibility index (Phi) is 11.0. The SMILES string of the molecule is CCCCNC(=O)[C@@H](Cc1ccccc1)N(Cc1ccc(F)cc1)C(=O)CSCc1ccc(F)cc1. The van der Waals surface area contributed by atoms with E-state index in [1.165, 1.54) is 36.0 Å². The highest BCUT2D eigenvalue weighted by molar-refractivity contribution is 7.99. The lowest BCUT2D eigenvalue weighted by molar-refractivity contribution is -0.139. The van der Waals surface area contributed by atoms with Crippen molar-refractivity contribution in [3.8, 4) is 0 Å². The highest BCUT2D eigenvalue weighted by atomic mass is 32.2. The summed E-state index contributed by atoms with van der Waals surface area (Å²) in [6.45, 7) is 2.78. The van der Waals surface area contributed by atoms with E-state index >= 15 is 0 Å². The Bertz CT molecular complexity index is 1090. The Morgan fingerprint density at radius 2 is 1.47 bits per heavy atom. The van der Waals surface area contributed by atoms with Crippen molar-refractivity contribution in [3.63, 3.8) is 0 Å². The largest absolute Gasteiger partial charge is 0.354 e. The van der Waals surface area contributed by atoms with E-state index in [0.29, 0.717) is 18.7 Å². The molecule has 3 rings (SSSR count). The van der Waals surface area contributed by atoms with E-state index in [0.717, 1.165) is 29.5 Å². The lowest BCUT2D eigenvalue weighted by Gasteiger charge is -2.31. The van der Waals surface area contributed by atoms with E-state index < -0.39 is 6.04 Å². The van der Waals surface area contributed by atoms with Gasteiger partial charge in [0, 0.05) is 25.3 Å². The highest BCUT2D eigenvalue weighted by Gasteiger charge is 2.30. The molecule has 0 unspecified atom stereocenters. The van der Waals surface area contributed by atoms with Crippen molar-refractivity contribution in [1.82, 2.24) is 10.2 Å². The van der Waals surface area contributed by atoms with Crippen LogP contribution in [0.4, 0.5) is 8.78 Å². The summed E-state index contributed by atoms with van der Waals surface area (Å²) >= 11 is 1.41. The number of thioether (sulfide) groups is 1. The van der Waals surface area contributed by atoms with Gasteiger partial charge in [-0.15, -0.1) is 11.8 Å². The number of nitrogens with one attached hydrogen (secondary N) is 1. The standard InChI is InChI=1S/C29H32F2N2O2S/c1-2-3-17-32-29(35)27(18-22-7-5-4-6-8-22)33(19-23-9-13-25(30)14-10-23)28(34)21-36-20-24-11-15-26(31)16-12-24/h4-16,27H,2-3,17-21H2,1H3,(H,32,35)/t27-/m1/s1. The molecule has 0 aliphatic carbocycles. The first-order chi connectivity index (χ1) is 17.5. The second-order valence-corrected chi connectivity index (χ2v) is 9.60. The van der Waals surface area contributed by atoms with Gasteiger partial charge in [0.05, 0.1) is 5.75 Å². The number of benzene rings is 3. The molecule has 0 saturated heterocycles. The van der Waals surface area contributed by atoms with Crippen molar-refractivity contribution in [2.45, 2.75) is 44.5 Å². The molecule has 0 spiro atoms. The minimum atomic E-state index is -0.715. The van der Waals surface area contributed by atoms with Crippen molar-refractivity contribution in [2.24, 2.45) is 0 Å². The number of nitrogens with zero attached hydrogens (tertiary/aromatic N) is 1. The van der Waals surface area contributed by atoms with Gasteiger partial charge in [0.15, 0.2) is 0 Å². The van der Waals surface area contributed by atoms with Crippen LogP contribution in [0.3, 0.4) is 0 Å². The monoisotopic (exact) mass is 510 g/mol. The fraction of sp³-hybridized carbons (Fsp3) is 0.310. The molecule has 1 atom stereocenters. The summed E-state index contributed by atoms with van der Waals surface area (Å²) in [4.78, 5) is 28.4. The van der Waals surface area contributed by atoms with Crippen molar-refractivity contribution >= 4 is 23.6 Å². The van der Waals surface area contributed by atoms with Crippen LogP contribution in [0.25, 0.3) is 0 Å². The Hall–Kier alpha value is -3.19. The lowest BCUT2D eigenvalue weighted by atomic mass is 10.0. The van der Waals surface area contributed by atoms with E-state index in [9.17, 15) is 18.4 Å². The second kappa shape index (κ2) is 14.4. The molecule has 0 bridgehead atoms. The first-order valence-electron chi connectivity index (χ1n) is 12.1. The van der Waals surface area contributed by atoms with Crippen LogP contribution in [0.2, 0.25) is 0 Å². The first kappa shape index (κ1) is 27.4. The molecule has 0 aliphatic rings. The molecule has 0 heterocycles. The number of halogens is 2. The topological polar surface area (TPSA) is 49.4 Å². The summed E-state index contributed by atoms with van der Waals surface area (Å²) in [5, 5.41) is 2.99. The summed E-state index contributed by atoms with van der Waals surface area (Å²) in [7, 11) is 0. The zero-order valence-corrected chi connectivity index (χ0v) is 21.3. The molecule has 2 amide bonds. The number of amides is 2. The van der Waals surface area contributed by atoms with Gasteiger partial charge in [-0.05, 0) is 47.4 Å². The van der Waals surface area contributed by atoms with Gasteiger partial charge >= 0.3 is 0 Å². The minimum Gasteiger partial charge on any atom is -0.354 e. The predicted molar refractivity (Wildman–Crippen MR) is 141 cm³/mol. The summed E-state index contributed by atoms with van der Waals surface area (Å²) < 4.78 is 26.7. The van der Waals surface area contributed by atoms with Crippen LogP contribution in [0.1, 0.15) is 36.5 Å². The molecule has 190 valence electrons.